The summed E-state index contributed by atoms with van der Waals surface area (Å²) in [5.74, 6) is 0.263. The van der Waals surface area contributed by atoms with Crippen molar-refractivity contribution in [2.75, 3.05) is 59.5 Å². The van der Waals surface area contributed by atoms with Crippen molar-refractivity contribution >= 4 is 5.97 Å². The van der Waals surface area contributed by atoms with Gasteiger partial charge in [-0.2, -0.15) is 0 Å². The first-order chi connectivity index (χ1) is 9.63. The van der Waals surface area contributed by atoms with E-state index in [0.717, 1.165) is 6.61 Å². The largest absolute Gasteiger partial charge is 0.463 e. The fourth-order valence-electron chi connectivity index (χ4n) is 1.22. The fraction of sp³-hybridized carbons (Fsp3) is 0.929. The zero-order chi connectivity index (χ0) is 15.1. The Morgan fingerprint density at radius 3 is 1.55 bits per heavy atom. The molecule has 0 amide bonds. The van der Waals surface area contributed by atoms with Gasteiger partial charge in [0.1, 0.15) is 6.61 Å². The van der Waals surface area contributed by atoms with Crippen LogP contribution in [0.25, 0.3) is 0 Å². The van der Waals surface area contributed by atoms with E-state index >= 15 is 0 Å². The molecule has 20 heavy (non-hydrogen) atoms. The van der Waals surface area contributed by atoms with Crippen LogP contribution in [0.5, 0.6) is 0 Å². The Labute approximate surface area is 121 Å². The molecule has 0 aromatic rings. The van der Waals surface area contributed by atoms with Crippen LogP contribution in [0.15, 0.2) is 0 Å². The van der Waals surface area contributed by atoms with Gasteiger partial charge >= 0.3 is 5.97 Å². The lowest BCUT2D eigenvalue weighted by Crippen LogP contribution is -2.14. The number of ether oxygens (including phenoxy) is 5. The topological polar surface area (TPSA) is 63.2 Å². The van der Waals surface area contributed by atoms with E-state index in [1.165, 1.54) is 6.92 Å². The molecule has 0 radical (unpaired) electrons. The summed E-state index contributed by atoms with van der Waals surface area (Å²) in [6, 6.07) is 0. The first-order valence-corrected chi connectivity index (χ1v) is 7.07. The van der Waals surface area contributed by atoms with Gasteiger partial charge in [-0.05, 0) is 5.92 Å². The number of hydrogen-bond acceptors (Lipinski definition) is 6. The molecular formula is C14H28O6. The quantitative estimate of drug-likeness (QED) is 0.355. The highest BCUT2D eigenvalue weighted by atomic mass is 16.6. The van der Waals surface area contributed by atoms with E-state index in [-0.39, 0.29) is 12.6 Å². The van der Waals surface area contributed by atoms with Crippen LogP contribution in [-0.4, -0.2) is 65.4 Å². The molecule has 0 N–H and O–H groups in total. The molecule has 0 bridgehead atoms. The summed E-state index contributed by atoms with van der Waals surface area (Å²) in [5, 5.41) is 0. The molecule has 6 nitrogen and oxygen atoms in total. The van der Waals surface area contributed by atoms with Gasteiger partial charge in [-0.1, -0.05) is 13.8 Å². The number of carbonyl (C=O) groups is 1. The van der Waals surface area contributed by atoms with Crippen LogP contribution < -0.4 is 0 Å². The minimum absolute atomic E-state index is 0.287. The van der Waals surface area contributed by atoms with Crippen molar-refractivity contribution in [3.63, 3.8) is 0 Å². The first kappa shape index (κ1) is 19.3. The molecule has 0 aromatic heterocycles. The molecule has 0 spiro atoms. The Bertz CT molecular complexity index is 220. The molecule has 0 atom stereocenters. The number of hydrogen-bond donors (Lipinski definition) is 0. The van der Waals surface area contributed by atoms with Gasteiger partial charge in [-0.3, -0.25) is 4.79 Å². The van der Waals surface area contributed by atoms with E-state index < -0.39 is 0 Å². The molecule has 0 unspecified atom stereocenters. The summed E-state index contributed by atoms with van der Waals surface area (Å²) < 4.78 is 25.9. The third-order valence-electron chi connectivity index (χ3n) is 2.10. The van der Waals surface area contributed by atoms with Crippen molar-refractivity contribution < 1.29 is 28.5 Å². The van der Waals surface area contributed by atoms with E-state index in [4.69, 9.17) is 23.7 Å². The normalized spacial score (nSPS) is 11.0. The molecule has 0 aliphatic rings. The van der Waals surface area contributed by atoms with Crippen LogP contribution in [0.1, 0.15) is 20.8 Å². The third-order valence-corrected chi connectivity index (χ3v) is 2.10. The Hall–Kier alpha value is -0.690. The smallest absolute Gasteiger partial charge is 0.302 e. The van der Waals surface area contributed by atoms with E-state index in [1.54, 1.807) is 0 Å². The SMILES string of the molecule is CC(=O)OCCOCCOCCOCCOCC(C)C. The predicted molar refractivity (Wildman–Crippen MR) is 74.7 cm³/mol. The van der Waals surface area contributed by atoms with Gasteiger partial charge in [-0.25, -0.2) is 0 Å². The average Bonchev–Trinajstić information content (AvgIpc) is 2.38. The number of esters is 1. The molecule has 0 aliphatic heterocycles. The summed E-state index contributed by atoms with van der Waals surface area (Å²) in [5.41, 5.74) is 0. The van der Waals surface area contributed by atoms with Gasteiger partial charge in [-0.15, -0.1) is 0 Å². The molecule has 0 rings (SSSR count). The van der Waals surface area contributed by atoms with Crippen molar-refractivity contribution in [1.29, 1.82) is 0 Å². The third kappa shape index (κ3) is 17.3. The molecule has 6 heteroatoms. The summed E-state index contributed by atoms with van der Waals surface area (Å²) in [6.07, 6.45) is 0. The fourth-order valence-corrected chi connectivity index (χ4v) is 1.22. The van der Waals surface area contributed by atoms with Crippen LogP contribution in [-0.2, 0) is 28.5 Å². The monoisotopic (exact) mass is 292 g/mol. The summed E-state index contributed by atoms with van der Waals surface area (Å²) in [6.45, 7) is 10.4. The summed E-state index contributed by atoms with van der Waals surface area (Å²) in [7, 11) is 0. The van der Waals surface area contributed by atoms with E-state index in [0.29, 0.717) is 52.2 Å². The molecule has 0 fully saturated rings. The van der Waals surface area contributed by atoms with E-state index in [1.807, 2.05) is 0 Å². The maximum atomic E-state index is 10.5. The molecule has 0 saturated heterocycles. The number of rotatable bonds is 14. The van der Waals surface area contributed by atoms with Crippen LogP contribution in [0.3, 0.4) is 0 Å². The lowest BCUT2D eigenvalue weighted by molar-refractivity contribution is -0.142. The molecule has 0 aromatic carbocycles. The maximum Gasteiger partial charge on any atom is 0.302 e. The van der Waals surface area contributed by atoms with Crippen LogP contribution in [0.2, 0.25) is 0 Å². The van der Waals surface area contributed by atoms with Gasteiger partial charge in [0.25, 0.3) is 0 Å². The first-order valence-electron chi connectivity index (χ1n) is 7.07. The van der Waals surface area contributed by atoms with Crippen molar-refractivity contribution in [3.8, 4) is 0 Å². The van der Waals surface area contributed by atoms with E-state index in [9.17, 15) is 4.79 Å². The number of carbonyl (C=O) groups excluding carboxylic acids is 1. The van der Waals surface area contributed by atoms with Crippen molar-refractivity contribution in [1.82, 2.24) is 0 Å². The van der Waals surface area contributed by atoms with E-state index in [2.05, 4.69) is 13.8 Å². The maximum absolute atomic E-state index is 10.5. The van der Waals surface area contributed by atoms with Crippen molar-refractivity contribution in [2.45, 2.75) is 20.8 Å². The Balaban J connectivity index is 2.97. The minimum atomic E-state index is -0.292. The second kappa shape index (κ2) is 14.7. The molecule has 0 heterocycles. The van der Waals surface area contributed by atoms with Crippen LogP contribution >= 0.6 is 0 Å². The van der Waals surface area contributed by atoms with Gasteiger partial charge in [0.05, 0.1) is 46.2 Å². The van der Waals surface area contributed by atoms with Gasteiger partial charge in [0, 0.05) is 13.5 Å². The second-order valence-electron chi connectivity index (χ2n) is 4.65. The lowest BCUT2D eigenvalue weighted by Gasteiger charge is -2.08. The van der Waals surface area contributed by atoms with Crippen molar-refractivity contribution in [3.05, 3.63) is 0 Å². The second-order valence-corrected chi connectivity index (χ2v) is 4.65. The van der Waals surface area contributed by atoms with Gasteiger partial charge in [0.15, 0.2) is 0 Å². The highest BCUT2D eigenvalue weighted by Crippen LogP contribution is 1.91. The highest BCUT2D eigenvalue weighted by Gasteiger charge is 1.95. The van der Waals surface area contributed by atoms with Gasteiger partial charge in [0.2, 0.25) is 0 Å². The summed E-state index contributed by atoms with van der Waals surface area (Å²) >= 11 is 0. The standard InChI is InChI=1S/C14H28O6/c1-13(2)12-19-9-8-17-5-4-16-6-7-18-10-11-20-14(3)15/h13H,4-12H2,1-3H3. The Kier molecular flexibility index (Phi) is 14.2. The predicted octanol–water partition coefficient (Wildman–Crippen LogP) is 1.27. The zero-order valence-corrected chi connectivity index (χ0v) is 12.9. The highest BCUT2D eigenvalue weighted by molar-refractivity contribution is 5.65. The van der Waals surface area contributed by atoms with Crippen molar-refractivity contribution in [2.24, 2.45) is 5.92 Å². The molecule has 0 aliphatic carbocycles. The lowest BCUT2D eigenvalue weighted by atomic mass is 10.2. The Morgan fingerprint density at radius 1 is 0.750 bits per heavy atom. The summed E-state index contributed by atoms with van der Waals surface area (Å²) in [4.78, 5) is 10.5. The Morgan fingerprint density at radius 2 is 1.15 bits per heavy atom. The molecule has 120 valence electrons. The zero-order valence-electron chi connectivity index (χ0n) is 12.9. The van der Waals surface area contributed by atoms with Crippen LogP contribution in [0, 0.1) is 5.92 Å². The molecular weight excluding hydrogens is 264 g/mol. The average molecular weight is 292 g/mol. The van der Waals surface area contributed by atoms with Crippen LogP contribution in [0.4, 0.5) is 0 Å². The minimum Gasteiger partial charge on any atom is -0.463 e. The van der Waals surface area contributed by atoms with Gasteiger partial charge < -0.3 is 23.7 Å². The molecule has 0 saturated carbocycles.